The van der Waals surface area contributed by atoms with Gasteiger partial charge in [-0.2, -0.15) is 0 Å². The minimum atomic E-state index is 0.227. The number of amides is 1. The molecule has 0 aromatic heterocycles. The molecule has 0 saturated carbocycles. The van der Waals surface area contributed by atoms with Crippen molar-refractivity contribution in [3.05, 3.63) is 0 Å². The van der Waals surface area contributed by atoms with Gasteiger partial charge in [-0.1, -0.05) is 0 Å². The molecule has 1 amide bonds. The molecule has 2 atom stereocenters. The number of nitrogens with zero attached hydrogens (tertiary/aromatic N) is 1. The zero-order valence-corrected chi connectivity index (χ0v) is 7.84. The predicted molar refractivity (Wildman–Crippen MR) is 49.0 cm³/mol. The summed E-state index contributed by atoms with van der Waals surface area (Å²) in [5, 5.41) is 9.84. The second-order valence-corrected chi connectivity index (χ2v) is 3.59. The van der Waals surface area contributed by atoms with Crippen LogP contribution in [0, 0.1) is 0 Å². The van der Waals surface area contributed by atoms with Gasteiger partial charge < -0.3 is 10.2 Å². The molecule has 13 heavy (non-hydrogen) atoms. The van der Waals surface area contributed by atoms with Gasteiger partial charge in [0, 0.05) is 33.2 Å². The van der Waals surface area contributed by atoms with Crippen molar-refractivity contribution in [3.63, 3.8) is 0 Å². The SMILES string of the molecule is CN1C(=O)CCNC2NCNCC21. The van der Waals surface area contributed by atoms with E-state index in [1.165, 1.54) is 0 Å². The van der Waals surface area contributed by atoms with Crippen LogP contribution < -0.4 is 16.0 Å². The molecule has 74 valence electrons. The topological polar surface area (TPSA) is 56.4 Å². The fourth-order valence-electron chi connectivity index (χ4n) is 1.92. The van der Waals surface area contributed by atoms with Crippen LogP contribution in [0.3, 0.4) is 0 Å². The van der Waals surface area contributed by atoms with E-state index in [-0.39, 0.29) is 18.1 Å². The molecule has 5 nitrogen and oxygen atoms in total. The van der Waals surface area contributed by atoms with Crippen LogP contribution in [0.2, 0.25) is 0 Å². The molecule has 2 fully saturated rings. The Hall–Kier alpha value is -0.650. The fourth-order valence-corrected chi connectivity index (χ4v) is 1.92. The van der Waals surface area contributed by atoms with Gasteiger partial charge in [0.1, 0.15) is 0 Å². The number of hydrogen-bond donors (Lipinski definition) is 3. The minimum absolute atomic E-state index is 0.227. The third-order valence-corrected chi connectivity index (χ3v) is 2.78. The smallest absolute Gasteiger partial charge is 0.223 e. The van der Waals surface area contributed by atoms with Crippen LogP contribution in [-0.4, -0.2) is 49.8 Å². The third-order valence-electron chi connectivity index (χ3n) is 2.78. The zero-order chi connectivity index (χ0) is 9.26. The van der Waals surface area contributed by atoms with Crippen LogP contribution >= 0.6 is 0 Å². The van der Waals surface area contributed by atoms with Gasteiger partial charge in [-0.25, -0.2) is 0 Å². The van der Waals surface area contributed by atoms with Gasteiger partial charge in [-0.05, 0) is 0 Å². The highest BCUT2D eigenvalue weighted by Crippen LogP contribution is 2.08. The Morgan fingerprint density at radius 2 is 2.31 bits per heavy atom. The van der Waals surface area contributed by atoms with E-state index in [2.05, 4.69) is 16.0 Å². The van der Waals surface area contributed by atoms with Crippen molar-refractivity contribution in [2.24, 2.45) is 0 Å². The van der Waals surface area contributed by atoms with E-state index in [0.717, 1.165) is 19.8 Å². The van der Waals surface area contributed by atoms with Crippen molar-refractivity contribution < 1.29 is 4.79 Å². The maximum Gasteiger partial charge on any atom is 0.223 e. The third kappa shape index (κ3) is 1.67. The molecular formula is C8H16N4O. The van der Waals surface area contributed by atoms with E-state index >= 15 is 0 Å². The first kappa shape index (κ1) is 8.93. The van der Waals surface area contributed by atoms with Gasteiger partial charge in [0.2, 0.25) is 5.91 Å². The largest absolute Gasteiger partial charge is 0.339 e. The lowest BCUT2D eigenvalue weighted by molar-refractivity contribution is -0.131. The second-order valence-electron chi connectivity index (χ2n) is 3.59. The summed E-state index contributed by atoms with van der Waals surface area (Å²) in [7, 11) is 1.88. The van der Waals surface area contributed by atoms with E-state index in [4.69, 9.17) is 0 Å². The highest BCUT2D eigenvalue weighted by atomic mass is 16.2. The monoisotopic (exact) mass is 184 g/mol. The summed E-state index contributed by atoms with van der Waals surface area (Å²) < 4.78 is 0. The lowest BCUT2D eigenvalue weighted by atomic mass is 10.1. The van der Waals surface area contributed by atoms with Crippen molar-refractivity contribution in [3.8, 4) is 0 Å². The summed E-state index contributed by atoms with van der Waals surface area (Å²) in [6.07, 6.45) is 0.850. The molecule has 0 aliphatic carbocycles. The Morgan fingerprint density at radius 3 is 3.15 bits per heavy atom. The quantitative estimate of drug-likeness (QED) is 0.419. The molecule has 2 saturated heterocycles. The Balaban J connectivity index is 2.11. The number of carbonyl (C=O) groups is 1. The first-order valence-corrected chi connectivity index (χ1v) is 4.72. The number of nitrogens with one attached hydrogen (secondary N) is 3. The molecular weight excluding hydrogens is 168 g/mol. The predicted octanol–water partition coefficient (Wildman–Crippen LogP) is -1.72. The maximum absolute atomic E-state index is 11.5. The molecule has 2 unspecified atom stereocenters. The molecule has 2 heterocycles. The van der Waals surface area contributed by atoms with Gasteiger partial charge in [-0.3, -0.25) is 15.4 Å². The van der Waals surface area contributed by atoms with E-state index in [9.17, 15) is 4.79 Å². The molecule has 2 aliphatic rings. The van der Waals surface area contributed by atoms with Crippen LogP contribution in [-0.2, 0) is 4.79 Å². The summed E-state index contributed by atoms with van der Waals surface area (Å²) >= 11 is 0. The standard InChI is InChI=1S/C8H16N4O/c1-12-6-4-9-5-11-8(6)10-3-2-7(12)13/h6,8-11H,2-5H2,1H3. The Morgan fingerprint density at radius 1 is 1.46 bits per heavy atom. The summed E-state index contributed by atoms with van der Waals surface area (Å²) in [6, 6.07) is 0.240. The van der Waals surface area contributed by atoms with Crippen LogP contribution in [0.25, 0.3) is 0 Å². The highest BCUT2D eigenvalue weighted by Gasteiger charge is 2.32. The summed E-state index contributed by atoms with van der Waals surface area (Å²) in [5.41, 5.74) is 0. The van der Waals surface area contributed by atoms with Crippen LogP contribution in [0.15, 0.2) is 0 Å². The fraction of sp³-hybridized carbons (Fsp3) is 0.875. The minimum Gasteiger partial charge on any atom is -0.339 e. The van der Waals surface area contributed by atoms with Crippen LogP contribution in [0.4, 0.5) is 0 Å². The molecule has 5 heteroatoms. The average Bonchev–Trinajstić information content (AvgIpc) is 2.29. The number of rotatable bonds is 0. The normalized spacial score (nSPS) is 35.5. The average molecular weight is 184 g/mol. The first-order valence-electron chi connectivity index (χ1n) is 4.72. The summed E-state index contributed by atoms with van der Waals surface area (Å²) in [6.45, 7) is 2.46. The molecule has 0 bridgehead atoms. The van der Waals surface area contributed by atoms with Gasteiger partial charge in [-0.15, -0.1) is 0 Å². The highest BCUT2D eigenvalue weighted by molar-refractivity contribution is 5.76. The van der Waals surface area contributed by atoms with E-state index in [1.54, 1.807) is 0 Å². The molecule has 2 rings (SSSR count). The van der Waals surface area contributed by atoms with Crippen LogP contribution in [0.1, 0.15) is 6.42 Å². The van der Waals surface area contributed by atoms with Crippen molar-refractivity contribution in [1.29, 1.82) is 0 Å². The van der Waals surface area contributed by atoms with Gasteiger partial charge >= 0.3 is 0 Å². The number of carbonyl (C=O) groups excluding carboxylic acids is 1. The lowest BCUT2D eigenvalue weighted by Gasteiger charge is -2.37. The van der Waals surface area contributed by atoms with Crippen molar-refractivity contribution in [2.45, 2.75) is 18.6 Å². The van der Waals surface area contributed by atoms with Gasteiger partial charge in [0.25, 0.3) is 0 Å². The van der Waals surface area contributed by atoms with E-state index in [1.807, 2.05) is 11.9 Å². The maximum atomic E-state index is 11.5. The molecule has 2 aliphatic heterocycles. The zero-order valence-electron chi connectivity index (χ0n) is 7.84. The second kappa shape index (κ2) is 3.61. The van der Waals surface area contributed by atoms with E-state index < -0.39 is 0 Å². The van der Waals surface area contributed by atoms with Gasteiger partial charge in [0.05, 0.1) is 12.2 Å². The number of fused-ring (bicyclic) bond motifs is 1. The number of hydrogen-bond acceptors (Lipinski definition) is 4. The lowest BCUT2D eigenvalue weighted by Crippen LogP contribution is -2.64. The van der Waals surface area contributed by atoms with E-state index in [0.29, 0.717) is 6.42 Å². The Kier molecular flexibility index (Phi) is 2.48. The molecule has 0 aromatic carbocycles. The van der Waals surface area contributed by atoms with Gasteiger partial charge in [0.15, 0.2) is 0 Å². The Bertz CT molecular complexity index is 208. The molecule has 0 radical (unpaired) electrons. The van der Waals surface area contributed by atoms with Crippen molar-refractivity contribution in [2.75, 3.05) is 26.8 Å². The summed E-state index contributed by atoms with van der Waals surface area (Å²) in [5.74, 6) is 0.227. The molecule has 0 aromatic rings. The molecule has 3 N–H and O–H groups in total. The molecule has 0 spiro atoms. The van der Waals surface area contributed by atoms with Crippen LogP contribution in [0.5, 0.6) is 0 Å². The Labute approximate surface area is 77.9 Å². The van der Waals surface area contributed by atoms with Crippen molar-refractivity contribution >= 4 is 5.91 Å². The first-order chi connectivity index (χ1) is 6.29. The van der Waals surface area contributed by atoms with Crippen molar-refractivity contribution in [1.82, 2.24) is 20.9 Å². The number of likely N-dealkylation sites (N-methyl/N-ethyl adjacent to an activating group) is 1. The summed E-state index contributed by atoms with van der Waals surface area (Å²) in [4.78, 5) is 13.3.